The average molecular weight is 349 g/mol. The molecule has 0 heterocycles. The van der Waals surface area contributed by atoms with E-state index in [2.05, 4.69) is 23.9 Å². The van der Waals surface area contributed by atoms with Crippen molar-refractivity contribution in [3.05, 3.63) is 23.8 Å². The summed E-state index contributed by atoms with van der Waals surface area (Å²) in [5, 5.41) is 3.07. The molecule has 2 rings (SSSR count). The van der Waals surface area contributed by atoms with Crippen molar-refractivity contribution < 1.29 is 23.8 Å². The molecular formula is C19H27NO5. The first kappa shape index (κ1) is 19.1. The molecule has 1 aliphatic carbocycles. The molecule has 1 saturated carbocycles. The molecule has 0 bridgehead atoms. The Kier molecular flexibility index (Phi) is 6.67. The molecule has 0 saturated heterocycles. The Hall–Kier alpha value is -2.24. The van der Waals surface area contributed by atoms with Crippen LogP contribution in [0.5, 0.6) is 11.5 Å². The van der Waals surface area contributed by atoms with Gasteiger partial charge in [0.1, 0.15) is 0 Å². The molecule has 1 aromatic rings. The molecule has 1 fully saturated rings. The van der Waals surface area contributed by atoms with Crippen LogP contribution in [0.3, 0.4) is 0 Å². The smallest absolute Gasteiger partial charge is 0.337 e. The number of carbonyl (C=O) groups is 2. The van der Waals surface area contributed by atoms with Crippen molar-refractivity contribution >= 4 is 11.9 Å². The summed E-state index contributed by atoms with van der Waals surface area (Å²) in [5.41, 5.74) is 0.362. The van der Waals surface area contributed by atoms with Crippen LogP contribution in [0.4, 0.5) is 0 Å². The zero-order chi connectivity index (χ0) is 18.4. The topological polar surface area (TPSA) is 73.9 Å². The van der Waals surface area contributed by atoms with Gasteiger partial charge in [0.15, 0.2) is 18.1 Å². The molecule has 0 aliphatic heterocycles. The number of methoxy groups -OCH3 is 2. The highest BCUT2D eigenvalue weighted by Crippen LogP contribution is 2.30. The minimum Gasteiger partial charge on any atom is -0.493 e. The summed E-state index contributed by atoms with van der Waals surface area (Å²) in [5.74, 6) is 1.27. The lowest BCUT2D eigenvalue weighted by atomic mass is 9.78. The van der Waals surface area contributed by atoms with E-state index in [1.807, 2.05) is 0 Å². The maximum absolute atomic E-state index is 12.2. The Balaban J connectivity index is 1.94. The second kappa shape index (κ2) is 8.74. The SMILES string of the molecule is COC(=O)c1ccc(OCC(=O)N[C@H]2CCC[C@@H](C)[C@H]2C)c(OC)c1. The van der Waals surface area contributed by atoms with Gasteiger partial charge in [-0.25, -0.2) is 4.79 Å². The van der Waals surface area contributed by atoms with Crippen LogP contribution in [0.1, 0.15) is 43.5 Å². The van der Waals surface area contributed by atoms with Crippen molar-refractivity contribution in [1.29, 1.82) is 0 Å². The van der Waals surface area contributed by atoms with Gasteiger partial charge in [-0.15, -0.1) is 0 Å². The van der Waals surface area contributed by atoms with Crippen LogP contribution in [0.25, 0.3) is 0 Å². The van der Waals surface area contributed by atoms with Gasteiger partial charge in [-0.1, -0.05) is 26.7 Å². The number of carbonyl (C=O) groups excluding carboxylic acids is 2. The summed E-state index contributed by atoms with van der Waals surface area (Å²) in [6.07, 6.45) is 3.36. The minimum atomic E-state index is -0.456. The molecule has 1 aromatic carbocycles. The quantitative estimate of drug-likeness (QED) is 0.800. The molecule has 138 valence electrons. The Morgan fingerprint density at radius 3 is 2.60 bits per heavy atom. The minimum absolute atomic E-state index is 0.0917. The van der Waals surface area contributed by atoms with E-state index in [4.69, 9.17) is 9.47 Å². The van der Waals surface area contributed by atoms with Gasteiger partial charge < -0.3 is 19.5 Å². The van der Waals surface area contributed by atoms with Crippen molar-refractivity contribution in [2.75, 3.05) is 20.8 Å². The van der Waals surface area contributed by atoms with E-state index >= 15 is 0 Å². The fourth-order valence-electron chi connectivity index (χ4n) is 3.21. The molecule has 6 heteroatoms. The molecule has 0 spiro atoms. The van der Waals surface area contributed by atoms with Crippen molar-refractivity contribution in [3.63, 3.8) is 0 Å². The van der Waals surface area contributed by atoms with Gasteiger partial charge in [0, 0.05) is 6.04 Å². The Bertz CT molecular complexity index is 616. The average Bonchev–Trinajstić information content (AvgIpc) is 2.63. The highest BCUT2D eigenvalue weighted by molar-refractivity contribution is 5.90. The number of hydrogen-bond donors (Lipinski definition) is 1. The van der Waals surface area contributed by atoms with Gasteiger partial charge in [-0.05, 0) is 36.5 Å². The van der Waals surface area contributed by atoms with Gasteiger partial charge in [0.2, 0.25) is 0 Å². The first-order valence-corrected chi connectivity index (χ1v) is 8.64. The van der Waals surface area contributed by atoms with Crippen LogP contribution in [-0.2, 0) is 9.53 Å². The van der Waals surface area contributed by atoms with E-state index in [1.54, 1.807) is 12.1 Å². The Labute approximate surface area is 148 Å². The lowest BCUT2D eigenvalue weighted by Gasteiger charge is -2.34. The van der Waals surface area contributed by atoms with Crippen molar-refractivity contribution in [2.45, 2.75) is 39.2 Å². The normalized spacial score (nSPS) is 22.8. The molecule has 6 nitrogen and oxygen atoms in total. The Morgan fingerprint density at radius 2 is 1.92 bits per heavy atom. The molecule has 25 heavy (non-hydrogen) atoms. The first-order chi connectivity index (χ1) is 12.0. The number of nitrogens with one attached hydrogen (secondary N) is 1. The number of ether oxygens (including phenoxy) is 3. The third kappa shape index (κ3) is 4.87. The molecule has 1 amide bonds. The third-order valence-corrected chi connectivity index (χ3v) is 5.00. The summed E-state index contributed by atoms with van der Waals surface area (Å²) in [4.78, 5) is 23.8. The largest absolute Gasteiger partial charge is 0.493 e. The van der Waals surface area contributed by atoms with Crippen LogP contribution in [0.15, 0.2) is 18.2 Å². The highest BCUT2D eigenvalue weighted by atomic mass is 16.5. The Morgan fingerprint density at radius 1 is 1.16 bits per heavy atom. The van der Waals surface area contributed by atoms with E-state index in [0.717, 1.165) is 12.8 Å². The van der Waals surface area contributed by atoms with Crippen LogP contribution in [0.2, 0.25) is 0 Å². The van der Waals surface area contributed by atoms with Crippen LogP contribution in [0, 0.1) is 11.8 Å². The second-order valence-corrected chi connectivity index (χ2v) is 6.59. The molecule has 1 aliphatic rings. The zero-order valence-electron chi connectivity index (χ0n) is 15.3. The fourth-order valence-corrected chi connectivity index (χ4v) is 3.21. The maximum Gasteiger partial charge on any atom is 0.337 e. The number of benzene rings is 1. The molecule has 0 aromatic heterocycles. The highest BCUT2D eigenvalue weighted by Gasteiger charge is 2.28. The second-order valence-electron chi connectivity index (χ2n) is 6.59. The number of esters is 1. The lowest BCUT2D eigenvalue weighted by Crippen LogP contribution is -2.45. The van der Waals surface area contributed by atoms with Crippen LogP contribution in [-0.4, -0.2) is 38.7 Å². The molecule has 0 radical (unpaired) electrons. The van der Waals surface area contributed by atoms with Crippen molar-refractivity contribution in [1.82, 2.24) is 5.32 Å². The van der Waals surface area contributed by atoms with Gasteiger partial charge in [0.05, 0.1) is 19.8 Å². The number of hydrogen-bond acceptors (Lipinski definition) is 5. The van der Waals surface area contributed by atoms with Gasteiger partial charge in [-0.3, -0.25) is 4.79 Å². The predicted molar refractivity (Wildman–Crippen MR) is 93.9 cm³/mol. The fraction of sp³-hybridized carbons (Fsp3) is 0.579. The molecule has 3 atom stereocenters. The van der Waals surface area contributed by atoms with E-state index in [9.17, 15) is 9.59 Å². The zero-order valence-corrected chi connectivity index (χ0v) is 15.3. The summed E-state index contributed by atoms with van der Waals surface area (Å²) in [6.45, 7) is 4.32. The lowest BCUT2D eigenvalue weighted by molar-refractivity contribution is -0.124. The van der Waals surface area contributed by atoms with Gasteiger partial charge >= 0.3 is 5.97 Å². The van der Waals surface area contributed by atoms with Crippen LogP contribution >= 0.6 is 0 Å². The standard InChI is InChI=1S/C19H27NO5/c1-12-6-5-7-15(13(12)2)20-18(21)11-25-16-9-8-14(19(22)24-4)10-17(16)23-3/h8-10,12-13,15H,5-7,11H2,1-4H3,(H,20,21)/t12-,13-,15+/m1/s1. The summed E-state index contributed by atoms with van der Waals surface area (Å²) >= 11 is 0. The summed E-state index contributed by atoms with van der Waals surface area (Å²) in [7, 11) is 2.80. The number of amides is 1. The third-order valence-electron chi connectivity index (χ3n) is 5.00. The van der Waals surface area contributed by atoms with E-state index in [0.29, 0.717) is 28.9 Å². The van der Waals surface area contributed by atoms with Crippen molar-refractivity contribution in [2.24, 2.45) is 11.8 Å². The molecule has 0 unspecified atom stereocenters. The summed E-state index contributed by atoms with van der Waals surface area (Å²) < 4.78 is 15.5. The monoisotopic (exact) mass is 349 g/mol. The predicted octanol–water partition coefficient (Wildman–Crippen LogP) is 2.80. The van der Waals surface area contributed by atoms with Crippen LogP contribution < -0.4 is 14.8 Å². The number of rotatable bonds is 6. The van der Waals surface area contributed by atoms with E-state index in [-0.39, 0.29) is 18.6 Å². The van der Waals surface area contributed by atoms with E-state index < -0.39 is 5.97 Å². The van der Waals surface area contributed by atoms with Gasteiger partial charge in [-0.2, -0.15) is 0 Å². The van der Waals surface area contributed by atoms with Crippen molar-refractivity contribution in [3.8, 4) is 11.5 Å². The molecular weight excluding hydrogens is 322 g/mol. The summed E-state index contributed by atoms with van der Waals surface area (Å²) in [6, 6.07) is 4.91. The first-order valence-electron chi connectivity index (χ1n) is 8.64. The molecule has 1 N–H and O–H groups in total. The van der Waals surface area contributed by atoms with E-state index in [1.165, 1.54) is 26.7 Å². The maximum atomic E-state index is 12.2. The van der Waals surface area contributed by atoms with Gasteiger partial charge in [0.25, 0.3) is 5.91 Å².